The summed E-state index contributed by atoms with van der Waals surface area (Å²) in [4.78, 5) is 22.6. The van der Waals surface area contributed by atoms with E-state index < -0.39 is 5.60 Å². The predicted molar refractivity (Wildman–Crippen MR) is 156 cm³/mol. The number of aryl methyl sites for hydroxylation is 1. The van der Waals surface area contributed by atoms with E-state index in [1.165, 1.54) is 0 Å². The first-order valence-corrected chi connectivity index (χ1v) is 13.8. The summed E-state index contributed by atoms with van der Waals surface area (Å²) in [7, 11) is 3.84. The number of carbonyl (C=O) groups is 1. The van der Waals surface area contributed by atoms with Crippen molar-refractivity contribution in [1.82, 2.24) is 24.6 Å². The van der Waals surface area contributed by atoms with Crippen molar-refractivity contribution in [2.45, 2.75) is 51.3 Å². The molecular formula is C32H33N7O2. The first-order chi connectivity index (χ1) is 19.6. The van der Waals surface area contributed by atoms with Crippen LogP contribution >= 0.6 is 0 Å². The topological polar surface area (TPSA) is 111 Å². The van der Waals surface area contributed by atoms with Gasteiger partial charge in [-0.15, -0.1) is 10.2 Å². The van der Waals surface area contributed by atoms with E-state index in [1.54, 1.807) is 31.1 Å². The van der Waals surface area contributed by atoms with Crippen LogP contribution in [0.3, 0.4) is 0 Å². The zero-order valence-electron chi connectivity index (χ0n) is 23.8. The fraction of sp³-hybridized carbons (Fsp3) is 0.344. The van der Waals surface area contributed by atoms with E-state index in [-0.39, 0.29) is 5.91 Å². The van der Waals surface area contributed by atoms with Gasteiger partial charge in [0.1, 0.15) is 12.1 Å². The van der Waals surface area contributed by atoms with Crippen molar-refractivity contribution in [3.63, 3.8) is 0 Å². The van der Waals surface area contributed by atoms with Crippen molar-refractivity contribution in [3.8, 4) is 28.6 Å². The molecule has 1 fully saturated rings. The molecule has 2 aromatic heterocycles. The number of benzene rings is 2. The van der Waals surface area contributed by atoms with Gasteiger partial charge >= 0.3 is 0 Å². The maximum Gasteiger partial charge on any atom is 0.260 e. The van der Waals surface area contributed by atoms with E-state index in [2.05, 4.69) is 33.3 Å². The lowest BCUT2D eigenvalue weighted by Crippen LogP contribution is -2.35. The molecule has 0 atom stereocenters. The molecule has 1 saturated carbocycles. The monoisotopic (exact) mass is 547 g/mol. The SMILES string of the molecule is CN(Cc1ccc2c(c1)C(=O)N(c1cc(-c3ccc(C#N)cc3-c3nncn3C)cc(C3CC3)n1)C2)CC(C)(C)O. The average molecular weight is 548 g/mol. The molecule has 208 valence electrons. The van der Waals surface area contributed by atoms with Gasteiger partial charge in [0.05, 0.1) is 23.8 Å². The minimum atomic E-state index is -0.796. The lowest BCUT2D eigenvalue weighted by Gasteiger charge is -2.25. The number of aromatic nitrogens is 4. The molecule has 0 spiro atoms. The van der Waals surface area contributed by atoms with Crippen LogP contribution in [0.1, 0.15) is 65.3 Å². The number of nitriles is 1. The number of anilines is 1. The molecule has 41 heavy (non-hydrogen) atoms. The maximum absolute atomic E-state index is 13.8. The minimum absolute atomic E-state index is 0.0632. The Labute approximate surface area is 239 Å². The number of pyridine rings is 1. The molecule has 2 aliphatic rings. The van der Waals surface area contributed by atoms with Gasteiger partial charge in [-0.05, 0) is 86.3 Å². The number of likely N-dealkylation sites (N-methyl/N-ethyl adjacent to an activating group) is 1. The summed E-state index contributed by atoms with van der Waals surface area (Å²) >= 11 is 0. The number of hydrogen-bond donors (Lipinski definition) is 1. The van der Waals surface area contributed by atoms with Crippen LogP contribution in [-0.2, 0) is 20.1 Å². The van der Waals surface area contributed by atoms with Gasteiger partial charge in [-0.1, -0.05) is 18.2 Å². The average Bonchev–Trinajstić information content (AvgIpc) is 3.62. The first-order valence-electron chi connectivity index (χ1n) is 13.8. The van der Waals surface area contributed by atoms with Gasteiger partial charge in [0, 0.05) is 42.9 Å². The van der Waals surface area contributed by atoms with E-state index in [0.717, 1.165) is 46.4 Å². The van der Waals surface area contributed by atoms with Gasteiger partial charge in [-0.2, -0.15) is 5.26 Å². The molecule has 3 heterocycles. The summed E-state index contributed by atoms with van der Waals surface area (Å²) in [5, 5.41) is 28.1. The molecule has 4 aromatic rings. The van der Waals surface area contributed by atoms with E-state index >= 15 is 0 Å². The number of amides is 1. The molecular weight excluding hydrogens is 514 g/mol. The van der Waals surface area contributed by atoms with Crippen molar-refractivity contribution in [2.24, 2.45) is 7.05 Å². The molecule has 0 bridgehead atoms. The standard InChI is InChI=1S/C32H33N7O2/c1-32(2,41)18-37(3)16-21-5-7-23-17-39(31(40)26(23)12-21)29-14-24(13-28(35-29)22-8-9-22)25-10-6-20(15-33)11-27(25)30-36-34-19-38(30)4/h5-7,10-14,19,22,41H,8-9,16-18H2,1-4H3. The largest absolute Gasteiger partial charge is 0.389 e. The molecule has 2 aromatic carbocycles. The van der Waals surface area contributed by atoms with Gasteiger partial charge in [0.2, 0.25) is 0 Å². The summed E-state index contributed by atoms with van der Waals surface area (Å²) in [5.41, 5.74) is 6.05. The Morgan fingerprint density at radius 3 is 2.59 bits per heavy atom. The normalized spacial score (nSPS) is 15.0. The van der Waals surface area contributed by atoms with Crippen LogP contribution in [0.5, 0.6) is 0 Å². The van der Waals surface area contributed by atoms with Crippen molar-refractivity contribution in [1.29, 1.82) is 5.26 Å². The molecule has 1 amide bonds. The lowest BCUT2D eigenvalue weighted by molar-refractivity contribution is 0.0424. The van der Waals surface area contributed by atoms with E-state index in [9.17, 15) is 15.2 Å². The summed E-state index contributed by atoms with van der Waals surface area (Å²) < 4.78 is 1.83. The zero-order chi connectivity index (χ0) is 28.9. The van der Waals surface area contributed by atoms with Gasteiger partial charge in [-0.3, -0.25) is 14.6 Å². The number of aliphatic hydroxyl groups is 1. The van der Waals surface area contributed by atoms with E-state index in [1.807, 2.05) is 49.0 Å². The van der Waals surface area contributed by atoms with Gasteiger partial charge in [-0.25, -0.2) is 4.98 Å². The fourth-order valence-electron chi connectivity index (χ4n) is 5.66. The molecule has 1 aliphatic heterocycles. The highest BCUT2D eigenvalue weighted by molar-refractivity contribution is 6.10. The van der Waals surface area contributed by atoms with Crippen LogP contribution in [0.15, 0.2) is 54.9 Å². The minimum Gasteiger partial charge on any atom is -0.389 e. The van der Waals surface area contributed by atoms with Crippen LogP contribution < -0.4 is 4.90 Å². The number of carbonyl (C=O) groups excluding carboxylic acids is 1. The second-order valence-corrected chi connectivity index (χ2v) is 11.9. The number of nitrogens with zero attached hydrogens (tertiary/aromatic N) is 7. The van der Waals surface area contributed by atoms with Crippen LogP contribution in [0, 0.1) is 11.3 Å². The molecule has 1 aliphatic carbocycles. The molecule has 6 rings (SSSR count). The predicted octanol–water partition coefficient (Wildman–Crippen LogP) is 4.66. The smallest absolute Gasteiger partial charge is 0.260 e. The Balaban J connectivity index is 1.36. The van der Waals surface area contributed by atoms with Gasteiger partial charge in [0.15, 0.2) is 5.82 Å². The molecule has 0 saturated heterocycles. The van der Waals surface area contributed by atoms with Crippen LogP contribution in [0.4, 0.5) is 5.82 Å². The zero-order valence-corrected chi connectivity index (χ0v) is 23.8. The molecule has 9 heteroatoms. The lowest BCUT2D eigenvalue weighted by atomic mass is 9.96. The van der Waals surface area contributed by atoms with Crippen molar-refractivity contribution in [2.75, 3.05) is 18.5 Å². The molecule has 9 nitrogen and oxygen atoms in total. The Hall–Kier alpha value is -4.39. The Morgan fingerprint density at radius 1 is 1.10 bits per heavy atom. The summed E-state index contributed by atoms with van der Waals surface area (Å²) in [6, 6.07) is 17.9. The van der Waals surface area contributed by atoms with Crippen LogP contribution in [0.25, 0.3) is 22.5 Å². The molecule has 0 radical (unpaired) electrons. The maximum atomic E-state index is 13.8. The second kappa shape index (κ2) is 10.2. The Bertz CT molecular complexity index is 1690. The summed E-state index contributed by atoms with van der Waals surface area (Å²) in [6.45, 7) is 5.19. The quantitative estimate of drug-likeness (QED) is 0.342. The number of hydrogen-bond acceptors (Lipinski definition) is 7. The second-order valence-electron chi connectivity index (χ2n) is 11.9. The first kappa shape index (κ1) is 26.8. The number of fused-ring (bicyclic) bond motifs is 1. The third-order valence-electron chi connectivity index (χ3n) is 7.60. The fourth-order valence-corrected chi connectivity index (χ4v) is 5.66. The third kappa shape index (κ3) is 5.49. The van der Waals surface area contributed by atoms with Gasteiger partial charge in [0.25, 0.3) is 5.91 Å². The molecule has 1 N–H and O–H groups in total. The highest BCUT2D eigenvalue weighted by Gasteiger charge is 2.32. The number of rotatable bonds is 8. The van der Waals surface area contributed by atoms with E-state index in [4.69, 9.17) is 4.98 Å². The third-order valence-corrected chi connectivity index (χ3v) is 7.60. The molecule has 0 unspecified atom stereocenters. The Kier molecular flexibility index (Phi) is 6.68. The van der Waals surface area contributed by atoms with Crippen molar-refractivity contribution < 1.29 is 9.90 Å². The highest BCUT2D eigenvalue weighted by atomic mass is 16.3. The van der Waals surface area contributed by atoms with Crippen molar-refractivity contribution in [3.05, 3.63) is 82.8 Å². The van der Waals surface area contributed by atoms with E-state index in [0.29, 0.717) is 48.3 Å². The Morgan fingerprint density at radius 2 is 1.90 bits per heavy atom. The highest BCUT2D eigenvalue weighted by Crippen LogP contribution is 2.43. The van der Waals surface area contributed by atoms with Gasteiger partial charge < -0.3 is 9.67 Å². The summed E-state index contributed by atoms with van der Waals surface area (Å²) in [5.74, 6) is 1.60. The summed E-state index contributed by atoms with van der Waals surface area (Å²) in [6.07, 6.45) is 3.80. The van der Waals surface area contributed by atoms with Crippen LogP contribution in [0.2, 0.25) is 0 Å². The van der Waals surface area contributed by atoms with Crippen molar-refractivity contribution >= 4 is 11.7 Å². The van der Waals surface area contributed by atoms with Crippen LogP contribution in [-0.4, -0.2) is 54.9 Å².